The van der Waals surface area contributed by atoms with Crippen LogP contribution in [0.4, 0.5) is 4.39 Å². The standard InChI is InChI=1S/C14H20FNO/c1-10(2)12(5-4-8-16)13-9-11(15)6-7-14(13)17-3/h5-7,9-10H,4,8,16H2,1-3H3/b12-5+. The molecule has 94 valence electrons. The molecule has 0 aliphatic carbocycles. The van der Waals surface area contributed by atoms with Gasteiger partial charge in [0, 0.05) is 5.56 Å². The highest BCUT2D eigenvalue weighted by Crippen LogP contribution is 2.31. The molecule has 3 heteroatoms. The van der Waals surface area contributed by atoms with Gasteiger partial charge in [0.1, 0.15) is 11.6 Å². The highest BCUT2D eigenvalue weighted by atomic mass is 19.1. The first-order valence-corrected chi connectivity index (χ1v) is 5.84. The summed E-state index contributed by atoms with van der Waals surface area (Å²) in [6.07, 6.45) is 2.84. The van der Waals surface area contributed by atoms with Crippen molar-refractivity contribution >= 4 is 5.57 Å². The number of nitrogens with two attached hydrogens (primary N) is 1. The van der Waals surface area contributed by atoms with Crippen molar-refractivity contribution in [3.05, 3.63) is 35.7 Å². The predicted octanol–water partition coefficient (Wildman–Crippen LogP) is 3.22. The molecule has 0 spiro atoms. The van der Waals surface area contributed by atoms with E-state index in [1.54, 1.807) is 13.2 Å². The van der Waals surface area contributed by atoms with Crippen molar-refractivity contribution in [2.45, 2.75) is 20.3 Å². The Kier molecular flexibility index (Phi) is 5.16. The highest BCUT2D eigenvalue weighted by Gasteiger charge is 2.12. The van der Waals surface area contributed by atoms with Gasteiger partial charge in [0.05, 0.1) is 7.11 Å². The second-order valence-electron chi connectivity index (χ2n) is 4.24. The lowest BCUT2D eigenvalue weighted by molar-refractivity contribution is 0.412. The van der Waals surface area contributed by atoms with Gasteiger partial charge in [-0.3, -0.25) is 0 Å². The zero-order valence-electron chi connectivity index (χ0n) is 10.7. The fourth-order valence-electron chi connectivity index (χ4n) is 1.80. The van der Waals surface area contributed by atoms with Crippen LogP contribution in [0.1, 0.15) is 25.8 Å². The van der Waals surface area contributed by atoms with E-state index >= 15 is 0 Å². The van der Waals surface area contributed by atoms with Gasteiger partial charge in [-0.15, -0.1) is 0 Å². The fraction of sp³-hybridized carbons (Fsp3) is 0.429. The molecule has 0 atom stereocenters. The Labute approximate surface area is 102 Å². The Morgan fingerprint density at radius 2 is 2.18 bits per heavy atom. The maximum absolute atomic E-state index is 13.3. The summed E-state index contributed by atoms with van der Waals surface area (Å²) in [5, 5.41) is 0. The smallest absolute Gasteiger partial charge is 0.126 e. The molecule has 0 bridgehead atoms. The Hall–Kier alpha value is -1.35. The van der Waals surface area contributed by atoms with Crippen LogP contribution in [0, 0.1) is 11.7 Å². The fourth-order valence-corrected chi connectivity index (χ4v) is 1.80. The normalized spacial score (nSPS) is 12.0. The molecule has 2 nitrogen and oxygen atoms in total. The maximum atomic E-state index is 13.3. The Morgan fingerprint density at radius 3 is 2.71 bits per heavy atom. The summed E-state index contributed by atoms with van der Waals surface area (Å²) in [5.74, 6) is 0.751. The number of ether oxygens (including phenoxy) is 1. The number of hydrogen-bond donors (Lipinski definition) is 1. The number of methoxy groups -OCH3 is 1. The SMILES string of the molecule is COc1ccc(F)cc1/C(=C/CCN)C(C)C. The molecule has 0 saturated heterocycles. The minimum Gasteiger partial charge on any atom is -0.496 e. The van der Waals surface area contributed by atoms with E-state index in [0.717, 1.165) is 17.6 Å². The summed E-state index contributed by atoms with van der Waals surface area (Å²) in [4.78, 5) is 0. The lowest BCUT2D eigenvalue weighted by Gasteiger charge is -2.15. The lowest BCUT2D eigenvalue weighted by atomic mass is 9.93. The number of hydrogen-bond acceptors (Lipinski definition) is 2. The Balaban J connectivity index is 3.21. The van der Waals surface area contributed by atoms with E-state index in [1.165, 1.54) is 12.1 Å². The summed E-state index contributed by atoms with van der Waals surface area (Å²) in [7, 11) is 1.59. The molecule has 0 unspecified atom stereocenters. The van der Waals surface area contributed by atoms with Crippen molar-refractivity contribution in [1.82, 2.24) is 0 Å². The molecule has 1 aromatic rings. The quantitative estimate of drug-likeness (QED) is 0.853. The highest BCUT2D eigenvalue weighted by molar-refractivity contribution is 5.71. The van der Waals surface area contributed by atoms with Gasteiger partial charge in [-0.2, -0.15) is 0 Å². The van der Waals surface area contributed by atoms with Crippen molar-refractivity contribution < 1.29 is 9.13 Å². The van der Waals surface area contributed by atoms with Gasteiger partial charge in [-0.25, -0.2) is 4.39 Å². The summed E-state index contributed by atoms with van der Waals surface area (Å²) >= 11 is 0. The molecule has 2 N–H and O–H groups in total. The third kappa shape index (κ3) is 3.56. The van der Waals surface area contributed by atoms with Gasteiger partial charge in [0.25, 0.3) is 0 Å². The van der Waals surface area contributed by atoms with Crippen LogP contribution in [-0.4, -0.2) is 13.7 Å². The lowest BCUT2D eigenvalue weighted by Crippen LogP contribution is -2.01. The first-order valence-electron chi connectivity index (χ1n) is 5.84. The Bertz CT molecular complexity index is 399. The summed E-state index contributed by atoms with van der Waals surface area (Å²) in [5.41, 5.74) is 7.40. The van der Waals surface area contributed by atoms with Crippen LogP contribution >= 0.6 is 0 Å². The van der Waals surface area contributed by atoms with Crippen molar-refractivity contribution in [3.8, 4) is 5.75 Å². The van der Waals surface area contributed by atoms with E-state index in [9.17, 15) is 4.39 Å². The molecule has 0 aliphatic heterocycles. The van der Waals surface area contributed by atoms with Gasteiger partial charge in [0.2, 0.25) is 0 Å². The molecule has 1 aromatic carbocycles. The minimum absolute atomic E-state index is 0.250. The van der Waals surface area contributed by atoms with E-state index in [0.29, 0.717) is 18.2 Å². The molecule has 0 amide bonds. The van der Waals surface area contributed by atoms with Gasteiger partial charge in [-0.1, -0.05) is 19.9 Å². The van der Waals surface area contributed by atoms with E-state index in [-0.39, 0.29) is 5.82 Å². The number of benzene rings is 1. The molecule has 0 aliphatic rings. The molecular weight excluding hydrogens is 217 g/mol. The zero-order valence-corrected chi connectivity index (χ0v) is 10.7. The second kappa shape index (κ2) is 6.40. The molecule has 0 saturated carbocycles. The molecule has 0 aromatic heterocycles. The second-order valence-corrected chi connectivity index (χ2v) is 4.24. The van der Waals surface area contributed by atoms with E-state index in [4.69, 9.17) is 10.5 Å². The molecule has 0 heterocycles. The van der Waals surface area contributed by atoms with Crippen molar-refractivity contribution in [1.29, 1.82) is 0 Å². The van der Waals surface area contributed by atoms with Gasteiger partial charge < -0.3 is 10.5 Å². The average molecular weight is 237 g/mol. The van der Waals surface area contributed by atoms with Gasteiger partial charge >= 0.3 is 0 Å². The van der Waals surface area contributed by atoms with Crippen LogP contribution in [-0.2, 0) is 0 Å². The summed E-state index contributed by atoms with van der Waals surface area (Å²) in [6, 6.07) is 4.58. The molecule has 0 fully saturated rings. The molecule has 0 radical (unpaired) electrons. The van der Waals surface area contributed by atoms with Crippen LogP contribution < -0.4 is 10.5 Å². The monoisotopic (exact) mass is 237 g/mol. The van der Waals surface area contributed by atoms with Crippen LogP contribution in [0.15, 0.2) is 24.3 Å². The molecule has 1 rings (SSSR count). The molecular formula is C14H20FNO. The van der Waals surface area contributed by atoms with Crippen LogP contribution in [0.2, 0.25) is 0 Å². The van der Waals surface area contributed by atoms with E-state index in [1.807, 2.05) is 0 Å². The van der Waals surface area contributed by atoms with Crippen molar-refractivity contribution in [2.75, 3.05) is 13.7 Å². The topological polar surface area (TPSA) is 35.2 Å². The van der Waals surface area contributed by atoms with Gasteiger partial charge in [-0.05, 0) is 42.7 Å². The first kappa shape index (κ1) is 13.7. The third-order valence-electron chi connectivity index (χ3n) is 2.63. The van der Waals surface area contributed by atoms with Crippen LogP contribution in [0.3, 0.4) is 0 Å². The van der Waals surface area contributed by atoms with Crippen LogP contribution in [0.25, 0.3) is 5.57 Å². The first-order chi connectivity index (χ1) is 8.10. The number of allylic oxidation sites excluding steroid dienone is 1. The maximum Gasteiger partial charge on any atom is 0.126 e. The summed E-state index contributed by atoms with van der Waals surface area (Å²) < 4.78 is 18.6. The number of rotatable bonds is 5. The summed E-state index contributed by atoms with van der Waals surface area (Å²) in [6.45, 7) is 4.74. The third-order valence-corrected chi connectivity index (χ3v) is 2.63. The van der Waals surface area contributed by atoms with Crippen molar-refractivity contribution in [3.63, 3.8) is 0 Å². The average Bonchev–Trinajstić information content (AvgIpc) is 2.29. The molecule has 17 heavy (non-hydrogen) atoms. The largest absolute Gasteiger partial charge is 0.496 e. The van der Waals surface area contributed by atoms with E-state index in [2.05, 4.69) is 19.9 Å². The van der Waals surface area contributed by atoms with Crippen molar-refractivity contribution in [2.24, 2.45) is 11.7 Å². The van der Waals surface area contributed by atoms with Crippen LogP contribution in [0.5, 0.6) is 5.75 Å². The Morgan fingerprint density at radius 1 is 1.47 bits per heavy atom. The zero-order chi connectivity index (χ0) is 12.8. The van der Waals surface area contributed by atoms with E-state index < -0.39 is 0 Å². The minimum atomic E-state index is -0.250. The number of halogens is 1. The van der Waals surface area contributed by atoms with Gasteiger partial charge in [0.15, 0.2) is 0 Å². The predicted molar refractivity (Wildman–Crippen MR) is 69.4 cm³/mol.